The van der Waals surface area contributed by atoms with Gasteiger partial charge in [0.25, 0.3) is 5.91 Å². The first-order valence-corrected chi connectivity index (χ1v) is 9.34. The third kappa shape index (κ3) is 4.07. The van der Waals surface area contributed by atoms with Crippen LogP contribution in [-0.2, 0) is 22.5 Å². The molecule has 0 N–H and O–H groups in total. The highest BCUT2D eigenvalue weighted by Gasteiger charge is 2.30. The van der Waals surface area contributed by atoms with Crippen LogP contribution in [0.5, 0.6) is 5.75 Å². The molecule has 1 amide bonds. The Morgan fingerprint density at radius 1 is 1.14 bits per heavy atom. The Balaban J connectivity index is 1.41. The van der Waals surface area contributed by atoms with Gasteiger partial charge in [-0.05, 0) is 29.8 Å². The van der Waals surface area contributed by atoms with Crippen LogP contribution >= 0.6 is 0 Å². The molecule has 0 bridgehead atoms. The normalized spacial score (nSPS) is 17.0. The van der Waals surface area contributed by atoms with Gasteiger partial charge in [-0.15, -0.1) is 0 Å². The van der Waals surface area contributed by atoms with Gasteiger partial charge in [-0.3, -0.25) is 4.79 Å². The minimum Gasteiger partial charge on any atom is -0.497 e. The Labute approximate surface area is 164 Å². The lowest BCUT2D eigenvalue weighted by molar-refractivity contribution is -0.153. The Hall–Kier alpha value is -3.12. The summed E-state index contributed by atoms with van der Waals surface area (Å²) in [5.41, 5.74) is 2.95. The van der Waals surface area contributed by atoms with Gasteiger partial charge in [0.1, 0.15) is 11.9 Å². The maximum atomic E-state index is 12.9. The van der Waals surface area contributed by atoms with Crippen molar-refractivity contribution >= 4 is 5.91 Å². The standard InChI is InChI=1S/C22H23N3O3/c1-27-20-9-7-17(8-10-20)14-24-11-12-28-21(22(24)26)13-18-15-25(16-23-18)19-5-3-2-4-6-19/h2-10,15-16,21H,11-14H2,1H3/t21-/m0/s1. The van der Waals surface area contributed by atoms with Gasteiger partial charge in [0.15, 0.2) is 0 Å². The molecule has 4 rings (SSSR count). The van der Waals surface area contributed by atoms with Crippen LogP contribution in [0.4, 0.5) is 0 Å². The lowest BCUT2D eigenvalue weighted by atomic mass is 10.1. The van der Waals surface area contributed by atoms with E-state index in [1.807, 2.05) is 70.3 Å². The second kappa shape index (κ2) is 8.27. The molecule has 0 saturated carbocycles. The molecule has 0 radical (unpaired) electrons. The van der Waals surface area contributed by atoms with Gasteiger partial charge >= 0.3 is 0 Å². The van der Waals surface area contributed by atoms with E-state index < -0.39 is 6.10 Å². The lowest BCUT2D eigenvalue weighted by Crippen LogP contribution is -2.48. The summed E-state index contributed by atoms with van der Waals surface area (Å²) in [5.74, 6) is 0.820. The minimum absolute atomic E-state index is 0.0105. The van der Waals surface area contributed by atoms with Crippen LogP contribution < -0.4 is 4.74 Å². The van der Waals surface area contributed by atoms with Gasteiger partial charge in [0.05, 0.1) is 25.7 Å². The van der Waals surface area contributed by atoms with Crippen molar-refractivity contribution in [2.24, 2.45) is 0 Å². The van der Waals surface area contributed by atoms with Gasteiger partial charge in [-0.2, -0.15) is 0 Å². The summed E-state index contributed by atoms with van der Waals surface area (Å²) in [7, 11) is 1.64. The smallest absolute Gasteiger partial charge is 0.252 e. The highest BCUT2D eigenvalue weighted by Crippen LogP contribution is 2.18. The maximum Gasteiger partial charge on any atom is 0.252 e. The number of hydrogen-bond donors (Lipinski definition) is 0. The number of rotatable bonds is 6. The minimum atomic E-state index is -0.494. The second-order valence-corrected chi connectivity index (χ2v) is 6.78. The molecule has 1 aliphatic heterocycles. The van der Waals surface area contributed by atoms with Gasteiger partial charge < -0.3 is 18.9 Å². The number of carbonyl (C=O) groups is 1. The van der Waals surface area contributed by atoms with Crippen LogP contribution in [0.25, 0.3) is 5.69 Å². The Bertz CT molecular complexity index is 922. The number of hydrogen-bond acceptors (Lipinski definition) is 4. The van der Waals surface area contributed by atoms with E-state index in [0.29, 0.717) is 26.1 Å². The number of methoxy groups -OCH3 is 1. The van der Waals surface area contributed by atoms with Crippen molar-refractivity contribution < 1.29 is 14.3 Å². The van der Waals surface area contributed by atoms with Gasteiger partial charge in [0, 0.05) is 31.4 Å². The molecule has 0 unspecified atom stereocenters. The number of benzene rings is 2. The van der Waals surface area contributed by atoms with E-state index in [4.69, 9.17) is 9.47 Å². The highest BCUT2D eigenvalue weighted by molar-refractivity contribution is 5.81. The first-order chi connectivity index (χ1) is 13.7. The third-order valence-corrected chi connectivity index (χ3v) is 4.88. The fraction of sp³-hybridized carbons (Fsp3) is 0.273. The predicted octanol–water partition coefficient (Wildman–Crippen LogP) is 2.85. The average Bonchev–Trinajstić information content (AvgIpc) is 3.21. The SMILES string of the molecule is COc1ccc(CN2CCO[C@@H](Cc3cn(-c4ccccc4)cn3)C2=O)cc1. The lowest BCUT2D eigenvalue weighted by Gasteiger charge is -2.32. The molecule has 144 valence electrons. The largest absolute Gasteiger partial charge is 0.497 e. The van der Waals surface area contributed by atoms with Crippen molar-refractivity contribution in [1.82, 2.24) is 14.5 Å². The van der Waals surface area contributed by atoms with Crippen molar-refractivity contribution in [3.63, 3.8) is 0 Å². The molecule has 1 aliphatic rings. The van der Waals surface area contributed by atoms with Crippen LogP contribution in [-0.4, -0.2) is 46.7 Å². The number of para-hydroxylation sites is 1. The topological polar surface area (TPSA) is 56.6 Å². The number of aromatic nitrogens is 2. The fourth-order valence-electron chi connectivity index (χ4n) is 3.35. The first kappa shape index (κ1) is 18.3. The molecular weight excluding hydrogens is 354 g/mol. The molecule has 3 aromatic rings. The summed E-state index contributed by atoms with van der Waals surface area (Å²) in [6.45, 7) is 1.70. The Morgan fingerprint density at radius 3 is 2.68 bits per heavy atom. The molecule has 1 saturated heterocycles. The molecular formula is C22H23N3O3. The fourth-order valence-corrected chi connectivity index (χ4v) is 3.35. The zero-order chi connectivity index (χ0) is 19.3. The van der Waals surface area contributed by atoms with E-state index >= 15 is 0 Å². The molecule has 6 heteroatoms. The van der Waals surface area contributed by atoms with Crippen molar-refractivity contribution in [1.29, 1.82) is 0 Å². The molecule has 0 aliphatic carbocycles. The van der Waals surface area contributed by atoms with Crippen LogP contribution in [0.3, 0.4) is 0 Å². The van der Waals surface area contributed by atoms with Crippen molar-refractivity contribution in [3.8, 4) is 11.4 Å². The van der Waals surface area contributed by atoms with Gasteiger partial charge in [-0.25, -0.2) is 4.98 Å². The number of ether oxygens (including phenoxy) is 2. The number of carbonyl (C=O) groups excluding carboxylic acids is 1. The predicted molar refractivity (Wildman–Crippen MR) is 105 cm³/mol. The van der Waals surface area contributed by atoms with Crippen LogP contribution in [0.15, 0.2) is 67.1 Å². The van der Waals surface area contributed by atoms with Gasteiger partial charge in [-0.1, -0.05) is 30.3 Å². The van der Waals surface area contributed by atoms with Crippen molar-refractivity contribution in [2.45, 2.75) is 19.1 Å². The van der Waals surface area contributed by atoms with E-state index in [9.17, 15) is 4.79 Å². The monoisotopic (exact) mass is 377 g/mol. The molecule has 0 spiro atoms. The van der Waals surface area contributed by atoms with E-state index in [1.54, 1.807) is 13.4 Å². The van der Waals surface area contributed by atoms with Crippen molar-refractivity contribution in [3.05, 3.63) is 78.4 Å². The summed E-state index contributed by atoms with van der Waals surface area (Å²) >= 11 is 0. The molecule has 2 aromatic carbocycles. The van der Waals surface area contributed by atoms with E-state index in [2.05, 4.69) is 4.98 Å². The quantitative estimate of drug-likeness (QED) is 0.663. The molecule has 1 atom stereocenters. The number of amides is 1. The van der Waals surface area contributed by atoms with E-state index in [1.165, 1.54) is 0 Å². The molecule has 1 fully saturated rings. The Morgan fingerprint density at radius 2 is 1.93 bits per heavy atom. The number of imidazole rings is 1. The number of nitrogens with zero attached hydrogens (tertiary/aromatic N) is 3. The Kier molecular flexibility index (Phi) is 5.39. The van der Waals surface area contributed by atoms with E-state index in [0.717, 1.165) is 22.7 Å². The summed E-state index contributed by atoms with van der Waals surface area (Å²) in [5, 5.41) is 0. The van der Waals surface area contributed by atoms with Crippen LogP contribution in [0.1, 0.15) is 11.3 Å². The van der Waals surface area contributed by atoms with Gasteiger partial charge in [0.2, 0.25) is 0 Å². The zero-order valence-electron chi connectivity index (χ0n) is 15.8. The average molecular weight is 377 g/mol. The zero-order valence-corrected chi connectivity index (χ0v) is 15.8. The molecule has 6 nitrogen and oxygen atoms in total. The molecule has 28 heavy (non-hydrogen) atoms. The molecule has 1 aromatic heterocycles. The van der Waals surface area contributed by atoms with E-state index in [-0.39, 0.29) is 5.91 Å². The third-order valence-electron chi connectivity index (χ3n) is 4.88. The van der Waals surface area contributed by atoms with Crippen LogP contribution in [0, 0.1) is 0 Å². The van der Waals surface area contributed by atoms with Crippen LogP contribution in [0.2, 0.25) is 0 Å². The molecule has 2 heterocycles. The summed E-state index contributed by atoms with van der Waals surface area (Å²) < 4.78 is 12.9. The highest BCUT2D eigenvalue weighted by atomic mass is 16.5. The second-order valence-electron chi connectivity index (χ2n) is 6.78. The summed E-state index contributed by atoms with van der Waals surface area (Å²) in [6, 6.07) is 17.8. The number of morpholine rings is 1. The summed E-state index contributed by atoms with van der Waals surface area (Å²) in [4.78, 5) is 19.2. The summed E-state index contributed by atoms with van der Waals surface area (Å²) in [6.07, 6.45) is 3.70. The van der Waals surface area contributed by atoms with Crippen molar-refractivity contribution in [2.75, 3.05) is 20.3 Å². The first-order valence-electron chi connectivity index (χ1n) is 9.34. The maximum absolute atomic E-state index is 12.9.